The Balaban J connectivity index is 1.92. The second-order valence-electron chi connectivity index (χ2n) is 6.49. The quantitative estimate of drug-likeness (QED) is 0.759. The van der Waals surface area contributed by atoms with E-state index in [2.05, 4.69) is 0 Å². The molecule has 3 saturated heterocycles. The van der Waals surface area contributed by atoms with Gasteiger partial charge in [-0.05, 0) is 31.6 Å². The van der Waals surface area contributed by atoms with Crippen molar-refractivity contribution in [3.8, 4) is 0 Å². The van der Waals surface area contributed by atoms with Crippen LogP contribution in [0.2, 0.25) is 0 Å². The molecule has 3 aliphatic rings. The number of hydrogen-bond donors (Lipinski definition) is 0. The topological polar surface area (TPSA) is 49.9 Å². The van der Waals surface area contributed by atoms with E-state index in [-0.39, 0.29) is 35.9 Å². The van der Waals surface area contributed by atoms with Crippen LogP contribution in [-0.4, -0.2) is 59.5 Å². The monoisotopic (exact) mass is 280 g/mol. The van der Waals surface area contributed by atoms with Crippen LogP contribution < -0.4 is 0 Å². The summed E-state index contributed by atoms with van der Waals surface area (Å²) >= 11 is 0. The predicted octanol–water partition coefficient (Wildman–Crippen LogP) is 1.02. The zero-order chi connectivity index (χ0) is 14.3. The summed E-state index contributed by atoms with van der Waals surface area (Å²) in [5.41, 5.74) is 0. The minimum absolute atomic E-state index is 0.0860. The Morgan fingerprint density at radius 3 is 2.60 bits per heavy atom. The van der Waals surface area contributed by atoms with Gasteiger partial charge in [-0.3, -0.25) is 9.59 Å². The third-order valence-electron chi connectivity index (χ3n) is 4.81. The highest BCUT2D eigenvalue weighted by Crippen LogP contribution is 2.32. The molecule has 0 N–H and O–H groups in total. The van der Waals surface area contributed by atoms with Gasteiger partial charge in [-0.1, -0.05) is 13.8 Å². The van der Waals surface area contributed by atoms with E-state index in [1.54, 1.807) is 0 Å². The summed E-state index contributed by atoms with van der Waals surface area (Å²) in [5, 5.41) is 0. The van der Waals surface area contributed by atoms with Gasteiger partial charge in [0, 0.05) is 13.2 Å². The molecule has 3 rings (SSSR count). The smallest absolute Gasteiger partial charge is 0.246 e. The molecular weight excluding hydrogens is 256 g/mol. The molecule has 0 spiro atoms. The van der Waals surface area contributed by atoms with Gasteiger partial charge >= 0.3 is 0 Å². The molecule has 3 heterocycles. The maximum atomic E-state index is 12.9. The highest BCUT2D eigenvalue weighted by molar-refractivity contribution is 5.97. The van der Waals surface area contributed by atoms with Crippen LogP contribution in [0.25, 0.3) is 0 Å². The van der Waals surface area contributed by atoms with Crippen molar-refractivity contribution in [2.75, 3.05) is 19.8 Å². The Kier molecular flexibility index (Phi) is 3.71. The molecule has 5 heteroatoms. The van der Waals surface area contributed by atoms with Crippen molar-refractivity contribution in [3.63, 3.8) is 0 Å². The zero-order valence-corrected chi connectivity index (χ0v) is 12.4. The van der Waals surface area contributed by atoms with Crippen molar-refractivity contribution in [2.24, 2.45) is 5.92 Å². The molecule has 0 saturated carbocycles. The summed E-state index contributed by atoms with van der Waals surface area (Å²) < 4.78 is 5.44. The average Bonchev–Trinajstić information content (AvgIpc) is 2.96. The van der Waals surface area contributed by atoms with Gasteiger partial charge in [-0.15, -0.1) is 0 Å². The fraction of sp³-hybridized carbons (Fsp3) is 0.867. The standard InChI is InChI=1S/C15H24N2O3/c1-10(2)13-15(19)16-7-4-3-5-12(16)14(18)17(13)11-6-8-20-9-11/h10-13H,3-9H2,1-2H3. The Labute approximate surface area is 120 Å². The molecule has 0 bridgehead atoms. The van der Waals surface area contributed by atoms with Gasteiger partial charge in [0.25, 0.3) is 0 Å². The minimum atomic E-state index is -0.302. The van der Waals surface area contributed by atoms with E-state index in [9.17, 15) is 9.59 Å². The van der Waals surface area contributed by atoms with E-state index in [0.29, 0.717) is 13.2 Å². The van der Waals surface area contributed by atoms with Crippen LogP contribution in [0.5, 0.6) is 0 Å². The van der Waals surface area contributed by atoms with E-state index in [1.807, 2.05) is 23.6 Å². The molecule has 0 radical (unpaired) electrons. The molecule has 5 nitrogen and oxygen atoms in total. The van der Waals surface area contributed by atoms with Gasteiger partial charge in [0.1, 0.15) is 12.1 Å². The van der Waals surface area contributed by atoms with E-state index in [0.717, 1.165) is 32.2 Å². The number of piperazine rings is 1. The van der Waals surface area contributed by atoms with Gasteiger partial charge in [-0.25, -0.2) is 0 Å². The molecule has 0 aromatic heterocycles. The Bertz CT molecular complexity index is 404. The number of ether oxygens (including phenoxy) is 1. The number of piperidine rings is 1. The third-order valence-corrected chi connectivity index (χ3v) is 4.81. The van der Waals surface area contributed by atoms with Gasteiger partial charge < -0.3 is 14.5 Å². The van der Waals surface area contributed by atoms with Gasteiger partial charge in [0.2, 0.25) is 11.8 Å². The molecule has 3 aliphatic heterocycles. The minimum Gasteiger partial charge on any atom is -0.379 e. The van der Waals surface area contributed by atoms with Crippen LogP contribution in [0.1, 0.15) is 39.5 Å². The molecule has 0 aromatic carbocycles. The fourth-order valence-corrected chi connectivity index (χ4v) is 3.81. The molecule has 0 aromatic rings. The number of carbonyl (C=O) groups is 2. The van der Waals surface area contributed by atoms with Crippen molar-refractivity contribution in [3.05, 3.63) is 0 Å². The van der Waals surface area contributed by atoms with Gasteiger partial charge in [-0.2, -0.15) is 0 Å². The summed E-state index contributed by atoms with van der Waals surface area (Å²) in [6.45, 7) is 6.08. The highest BCUT2D eigenvalue weighted by Gasteiger charge is 2.50. The molecular formula is C15H24N2O3. The van der Waals surface area contributed by atoms with Crippen molar-refractivity contribution in [1.82, 2.24) is 9.80 Å². The lowest BCUT2D eigenvalue weighted by Crippen LogP contribution is -2.69. The van der Waals surface area contributed by atoms with Crippen molar-refractivity contribution in [1.29, 1.82) is 0 Å². The van der Waals surface area contributed by atoms with Crippen LogP contribution in [0, 0.1) is 5.92 Å². The predicted molar refractivity (Wildman–Crippen MR) is 74.0 cm³/mol. The largest absolute Gasteiger partial charge is 0.379 e. The SMILES string of the molecule is CC(C)C1C(=O)N2CCCCC2C(=O)N1C1CCOC1. The summed E-state index contributed by atoms with van der Waals surface area (Å²) in [6.07, 6.45) is 3.74. The number of nitrogens with zero attached hydrogens (tertiary/aromatic N) is 2. The molecule has 2 amide bonds. The molecule has 20 heavy (non-hydrogen) atoms. The first kappa shape index (κ1) is 13.9. The second-order valence-corrected chi connectivity index (χ2v) is 6.49. The first-order valence-corrected chi connectivity index (χ1v) is 7.81. The van der Waals surface area contributed by atoms with Gasteiger partial charge in [0.05, 0.1) is 12.6 Å². The van der Waals surface area contributed by atoms with E-state index in [4.69, 9.17) is 4.74 Å². The molecule has 3 unspecified atom stereocenters. The van der Waals surface area contributed by atoms with Crippen LogP contribution in [0.4, 0.5) is 0 Å². The van der Waals surface area contributed by atoms with Crippen molar-refractivity contribution >= 4 is 11.8 Å². The first-order chi connectivity index (χ1) is 9.61. The summed E-state index contributed by atoms with van der Waals surface area (Å²) in [4.78, 5) is 29.4. The summed E-state index contributed by atoms with van der Waals surface area (Å²) in [7, 11) is 0. The number of hydrogen-bond acceptors (Lipinski definition) is 3. The Morgan fingerprint density at radius 1 is 1.15 bits per heavy atom. The van der Waals surface area contributed by atoms with Gasteiger partial charge in [0.15, 0.2) is 0 Å². The lowest BCUT2D eigenvalue weighted by Gasteiger charge is -2.50. The highest BCUT2D eigenvalue weighted by atomic mass is 16.5. The van der Waals surface area contributed by atoms with Crippen LogP contribution in [0.15, 0.2) is 0 Å². The van der Waals surface area contributed by atoms with Crippen LogP contribution >= 0.6 is 0 Å². The van der Waals surface area contributed by atoms with Crippen LogP contribution in [0.3, 0.4) is 0 Å². The number of rotatable bonds is 2. The van der Waals surface area contributed by atoms with E-state index >= 15 is 0 Å². The van der Waals surface area contributed by atoms with Crippen LogP contribution in [-0.2, 0) is 14.3 Å². The normalized spacial score (nSPS) is 34.9. The van der Waals surface area contributed by atoms with E-state index < -0.39 is 0 Å². The van der Waals surface area contributed by atoms with Crippen molar-refractivity contribution < 1.29 is 14.3 Å². The summed E-state index contributed by atoms with van der Waals surface area (Å²) in [6, 6.07) is -0.432. The zero-order valence-electron chi connectivity index (χ0n) is 12.4. The number of amides is 2. The molecule has 3 atom stereocenters. The lowest BCUT2D eigenvalue weighted by atomic mass is 9.89. The third kappa shape index (κ3) is 2.12. The molecule has 0 aliphatic carbocycles. The molecule has 3 fully saturated rings. The maximum absolute atomic E-state index is 12.9. The average molecular weight is 280 g/mol. The molecule has 112 valence electrons. The lowest BCUT2D eigenvalue weighted by molar-refractivity contribution is -0.168. The fourth-order valence-electron chi connectivity index (χ4n) is 3.81. The number of fused-ring (bicyclic) bond motifs is 1. The van der Waals surface area contributed by atoms with Crippen molar-refractivity contribution in [2.45, 2.75) is 57.7 Å². The second kappa shape index (κ2) is 5.35. The van der Waals surface area contributed by atoms with E-state index in [1.165, 1.54) is 0 Å². The number of carbonyl (C=O) groups excluding carboxylic acids is 2. The summed E-state index contributed by atoms with van der Waals surface area (Å²) in [5.74, 6) is 0.449. The first-order valence-electron chi connectivity index (χ1n) is 7.81. The Morgan fingerprint density at radius 2 is 1.95 bits per heavy atom. The Hall–Kier alpha value is -1.10. The maximum Gasteiger partial charge on any atom is 0.246 e.